The maximum atomic E-state index is 12.3. The molecule has 0 aromatic rings. The van der Waals surface area contributed by atoms with Gasteiger partial charge in [-0.05, 0) is 31.1 Å². The van der Waals surface area contributed by atoms with E-state index >= 15 is 0 Å². The highest BCUT2D eigenvalue weighted by atomic mass is 16.5. The molecule has 2 aliphatic heterocycles. The SMILES string of the molecule is O=C(O)CC1(CN2C(=O)C3CCC(O3)C2=O)CCCCC1. The minimum Gasteiger partial charge on any atom is -0.481 e. The Kier molecular flexibility index (Phi) is 3.73. The number of carbonyl (C=O) groups excluding carboxylic acids is 2. The normalized spacial score (nSPS) is 31.5. The number of amides is 2. The first kappa shape index (κ1) is 14.5. The molecular weight excluding hydrogens is 274 g/mol. The number of carbonyl (C=O) groups is 3. The zero-order valence-corrected chi connectivity index (χ0v) is 12.0. The number of fused-ring (bicyclic) bond motifs is 2. The Hall–Kier alpha value is -1.43. The van der Waals surface area contributed by atoms with Crippen LogP contribution >= 0.6 is 0 Å². The molecule has 0 radical (unpaired) electrons. The van der Waals surface area contributed by atoms with Crippen molar-refractivity contribution < 1.29 is 24.2 Å². The van der Waals surface area contributed by atoms with Gasteiger partial charge in [0, 0.05) is 6.54 Å². The van der Waals surface area contributed by atoms with Crippen LogP contribution in [0.2, 0.25) is 0 Å². The first-order valence-corrected chi connectivity index (χ1v) is 7.73. The van der Waals surface area contributed by atoms with Crippen LogP contribution in [0.15, 0.2) is 0 Å². The summed E-state index contributed by atoms with van der Waals surface area (Å²) in [6, 6.07) is 0. The highest BCUT2D eigenvalue weighted by Gasteiger charge is 2.49. The van der Waals surface area contributed by atoms with Crippen molar-refractivity contribution in [1.29, 1.82) is 0 Å². The number of ether oxygens (including phenoxy) is 1. The van der Waals surface area contributed by atoms with Crippen molar-refractivity contribution in [3.05, 3.63) is 0 Å². The van der Waals surface area contributed by atoms with Crippen molar-refractivity contribution >= 4 is 17.8 Å². The summed E-state index contributed by atoms with van der Waals surface area (Å²) < 4.78 is 5.40. The molecule has 3 rings (SSSR count). The van der Waals surface area contributed by atoms with Crippen molar-refractivity contribution in [2.24, 2.45) is 5.41 Å². The second kappa shape index (κ2) is 5.40. The molecule has 1 N–H and O–H groups in total. The molecule has 6 heteroatoms. The summed E-state index contributed by atoms with van der Waals surface area (Å²) in [6.07, 6.45) is 4.78. The Labute approximate surface area is 123 Å². The fourth-order valence-electron chi connectivity index (χ4n) is 3.96. The van der Waals surface area contributed by atoms with Gasteiger partial charge in [0.1, 0.15) is 12.2 Å². The minimum atomic E-state index is -0.854. The maximum absolute atomic E-state index is 12.3. The highest BCUT2D eigenvalue weighted by Crippen LogP contribution is 2.41. The van der Waals surface area contributed by atoms with E-state index in [1.165, 1.54) is 4.90 Å². The van der Waals surface area contributed by atoms with E-state index in [1.807, 2.05) is 0 Å². The van der Waals surface area contributed by atoms with Gasteiger partial charge in [0.25, 0.3) is 11.8 Å². The van der Waals surface area contributed by atoms with Gasteiger partial charge >= 0.3 is 5.97 Å². The van der Waals surface area contributed by atoms with Crippen LogP contribution < -0.4 is 0 Å². The van der Waals surface area contributed by atoms with E-state index in [9.17, 15) is 19.5 Å². The zero-order chi connectivity index (χ0) is 15.0. The molecule has 3 fully saturated rings. The number of likely N-dealkylation sites (tertiary alicyclic amines) is 1. The first-order valence-electron chi connectivity index (χ1n) is 7.73. The Morgan fingerprint density at radius 1 is 1.14 bits per heavy atom. The standard InChI is InChI=1S/C15H21NO5/c17-12(18)8-15(6-2-1-3-7-15)9-16-13(19)10-4-5-11(21-10)14(16)20/h10-11H,1-9H2,(H,17,18). The number of morpholine rings is 1. The number of rotatable bonds is 4. The van der Waals surface area contributed by atoms with Crippen molar-refractivity contribution in [3.63, 3.8) is 0 Å². The maximum Gasteiger partial charge on any atom is 0.303 e. The smallest absolute Gasteiger partial charge is 0.303 e. The molecule has 2 bridgehead atoms. The topological polar surface area (TPSA) is 83.9 Å². The molecule has 0 aromatic carbocycles. The van der Waals surface area contributed by atoms with Crippen molar-refractivity contribution in [2.75, 3.05) is 6.54 Å². The minimum absolute atomic E-state index is 0.0280. The quantitative estimate of drug-likeness (QED) is 0.791. The Balaban J connectivity index is 1.80. The van der Waals surface area contributed by atoms with Gasteiger partial charge in [-0.3, -0.25) is 19.3 Å². The van der Waals surface area contributed by atoms with Gasteiger partial charge in [0.15, 0.2) is 0 Å². The van der Waals surface area contributed by atoms with Gasteiger partial charge in [-0.2, -0.15) is 0 Å². The van der Waals surface area contributed by atoms with Crippen molar-refractivity contribution in [2.45, 2.75) is 63.6 Å². The second-order valence-corrected chi connectivity index (χ2v) is 6.58. The van der Waals surface area contributed by atoms with Crippen molar-refractivity contribution in [1.82, 2.24) is 4.90 Å². The second-order valence-electron chi connectivity index (χ2n) is 6.58. The predicted molar refractivity (Wildman–Crippen MR) is 72.4 cm³/mol. The first-order chi connectivity index (χ1) is 10.0. The molecule has 21 heavy (non-hydrogen) atoms. The van der Waals surface area contributed by atoms with E-state index in [1.54, 1.807) is 0 Å². The van der Waals surface area contributed by atoms with Crippen LogP contribution in [0.1, 0.15) is 51.4 Å². The summed E-state index contributed by atoms with van der Waals surface area (Å²) in [5.41, 5.74) is -0.452. The summed E-state index contributed by atoms with van der Waals surface area (Å²) in [5.74, 6) is -1.40. The van der Waals surface area contributed by atoms with Crippen LogP contribution in [0, 0.1) is 5.41 Å². The number of hydrogen-bond donors (Lipinski definition) is 1. The third-order valence-electron chi connectivity index (χ3n) is 5.04. The number of carboxylic acid groups (broad SMARTS) is 1. The lowest BCUT2D eigenvalue weighted by Crippen LogP contribution is -2.55. The fraction of sp³-hybridized carbons (Fsp3) is 0.800. The van der Waals surface area contributed by atoms with Crippen molar-refractivity contribution in [3.8, 4) is 0 Å². The molecule has 2 unspecified atom stereocenters. The summed E-state index contributed by atoms with van der Waals surface area (Å²) in [5, 5.41) is 9.20. The van der Waals surface area contributed by atoms with Gasteiger partial charge < -0.3 is 9.84 Å². The number of carboxylic acids is 1. The molecule has 1 aliphatic carbocycles. The fourth-order valence-corrected chi connectivity index (χ4v) is 3.96. The summed E-state index contributed by atoms with van der Waals surface area (Å²) in [6.45, 7) is 0.243. The average molecular weight is 295 g/mol. The molecule has 0 spiro atoms. The third-order valence-corrected chi connectivity index (χ3v) is 5.04. The van der Waals surface area contributed by atoms with E-state index in [4.69, 9.17) is 4.74 Å². The third kappa shape index (κ3) is 2.69. The molecule has 1 saturated carbocycles. The van der Waals surface area contributed by atoms with E-state index in [2.05, 4.69) is 0 Å². The molecule has 2 atom stereocenters. The number of aliphatic carboxylic acids is 1. The molecular formula is C15H21NO5. The molecule has 0 aromatic heterocycles. The van der Waals surface area contributed by atoms with Crippen LogP contribution in [0.4, 0.5) is 0 Å². The van der Waals surface area contributed by atoms with E-state index in [0.717, 1.165) is 32.1 Å². The molecule has 2 amide bonds. The lowest BCUT2D eigenvalue weighted by atomic mass is 9.71. The lowest BCUT2D eigenvalue weighted by molar-refractivity contribution is -0.172. The number of imide groups is 1. The van der Waals surface area contributed by atoms with E-state index in [-0.39, 0.29) is 24.8 Å². The lowest BCUT2D eigenvalue weighted by Gasteiger charge is -2.41. The van der Waals surface area contributed by atoms with Crippen LogP contribution in [-0.4, -0.2) is 46.5 Å². The van der Waals surface area contributed by atoms with E-state index < -0.39 is 23.6 Å². The van der Waals surface area contributed by atoms with Gasteiger partial charge in [-0.1, -0.05) is 19.3 Å². The summed E-state index contributed by atoms with van der Waals surface area (Å²) in [7, 11) is 0. The molecule has 3 aliphatic rings. The predicted octanol–water partition coefficient (Wildman–Crippen LogP) is 1.33. The highest BCUT2D eigenvalue weighted by molar-refractivity contribution is 6.02. The van der Waals surface area contributed by atoms with Gasteiger partial charge in [0.05, 0.1) is 6.42 Å². The summed E-state index contributed by atoms with van der Waals surface area (Å²) >= 11 is 0. The Bertz CT molecular complexity index is 447. The van der Waals surface area contributed by atoms with Crippen LogP contribution in [0.25, 0.3) is 0 Å². The monoisotopic (exact) mass is 295 g/mol. The van der Waals surface area contributed by atoms with Gasteiger partial charge in [-0.15, -0.1) is 0 Å². The van der Waals surface area contributed by atoms with Crippen LogP contribution in [-0.2, 0) is 19.1 Å². The Morgan fingerprint density at radius 2 is 1.71 bits per heavy atom. The Morgan fingerprint density at radius 3 is 2.24 bits per heavy atom. The molecule has 116 valence electrons. The average Bonchev–Trinajstić information content (AvgIpc) is 2.89. The number of nitrogens with zero attached hydrogens (tertiary/aromatic N) is 1. The van der Waals surface area contributed by atoms with E-state index in [0.29, 0.717) is 12.8 Å². The zero-order valence-electron chi connectivity index (χ0n) is 12.0. The molecule has 6 nitrogen and oxygen atoms in total. The molecule has 2 heterocycles. The number of hydrogen-bond acceptors (Lipinski definition) is 4. The summed E-state index contributed by atoms with van der Waals surface area (Å²) in [4.78, 5) is 37.2. The van der Waals surface area contributed by atoms with Crippen LogP contribution in [0.3, 0.4) is 0 Å². The molecule has 2 saturated heterocycles. The van der Waals surface area contributed by atoms with Crippen LogP contribution in [0.5, 0.6) is 0 Å². The van der Waals surface area contributed by atoms with Gasteiger partial charge in [0.2, 0.25) is 0 Å². The largest absolute Gasteiger partial charge is 0.481 e. The van der Waals surface area contributed by atoms with Gasteiger partial charge in [-0.25, -0.2) is 0 Å².